The molecule has 0 aromatic heterocycles. The first-order valence-corrected chi connectivity index (χ1v) is 20.7. The first-order valence-electron chi connectivity index (χ1n) is 20.7. The van der Waals surface area contributed by atoms with Crippen LogP contribution in [0.5, 0.6) is 0 Å². The maximum Gasteiger partial charge on any atom is 0.0159 e. The summed E-state index contributed by atoms with van der Waals surface area (Å²) in [5.74, 6) is 0. The summed E-state index contributed by atoms with van der Waals surface area (Å²) in [6.07, 6.45) is 0. The third-order valence-electron chi connectivity index (χ3n) is 13.9. The molecular formula is C58H42. The first kappa shape index (κ1) is 33.4. The third kappa shape index (κ3) is 4.58. The van der Waals surface area contributed by atoms with E-state index < -0.39 is 0 Å². The molecule has 2 aliphatic carbocycles. The molecule has 0 bridgehead atoms. The molecule has 10 aromatic carbocycles. The molecule has 0 saturated carbocycles. The SMILES string of the molecule is CC1(C)c2ccccc2-c2ccc(-c3cc4c5cc(-c6cccc7ccccc67)ccc5c(-c5ccc6c(c5)C(C)(C)c5ccccc5-6)cc4c4ccccc34)cc21. The topological polar surface area (TPSA) is 0 Å². The van der Waals surface area contributed by atoms with Crippen LogP contribution in [0, 0.1) is 0 Å². The van der Waals surface area contributed by atoms with Gasteiger partial charge in [0.25, 0.3) is 0 Å². The second kappa shape index (κ2) is 11.9. The minimum Gasteiger partial charge on any atom is -0.0619 e. The Labute approximate surface area is 340 Å². The number of rotatable bonds is 3. The average Bonchev–Trinajstić information content (AvgIpc) is 3.64. The molecule has 0 nitrogen and oxygen atoms in total. The van der Waals surface area contributed by atoms with Gasteiger partial charge in [0.1, 0.15) is 0 Å². The Hall–Kier alpha value is -6.76. The van der Waals surface area contributed by atoms with Crippen LogP contribution >= 0.6 is 0 Å². The fourth-order valence-corrected chi connectivity index (χ4v) is 10.9. The van der Waals surface area contributed by atoms with E-state index >= 15 is 0 Å². The van der Waals surface area contributed by atoms with Crippen LogP contribution in [0.15, 0.2) is 182 Å². The van der Waals surface area contributed by atoms with Crippen LogP contribution in [0.4, 0.5) is 0 Å². The Balaban J connectivity index is 1.15. The summed E-state index contributed by atoms with van der Waals surface area (Å²) in [5, 5.41) is 10.2. The van der Waals surface area contributed by atoms with E-state index in [9.17, 15) is 0 Å². The molecule has 0 unspecified atom stereocenters. The van der Waals surface area contributed by atoms with Gasteiger partial charge in [-0.1, -0.05) is 179 Å². The van der Waals surface area contributed by atoms with Gasteiger partial charge < -0.3 is 0 Å². The van der Waals surface area contributed by atoms with Crippen molar-refractivity contribution in [1.29, 1.82) is 0 Å². The standard InChI is InChI=1S/C58H42/c1-57(2)53-22-11-9-19-44(53)46-28-25-37(31-55(46)57)48-34-52-50-30-36(40-21-13-15-35-14-5-6-16-39(35)40)24-27-43(50)49(33-51(52)42-18-8-7-17-41(42)48)38-26-29-47-45-20-10-12-23-54(45)58(3,4)56(47)32-38/h5-34H,1-4H3. The quantitative estimate of drug-likeness (QED) is 0.158. The lowest BCUT2D eigenvalue weighted by atomic mass is 9.80. The maximum atomic E-state index is 2.50. The Kier molecular flexibility index (Phi) is 6.84. The van der Waals surface area contributed by atoms with Crippen molar-refractivity contribution < 1.29 is 0 Å². The van der Waals surface area contributed by atoms with Crippen molar-refractivity contribution in [2.75, 3.05) is 0 Å². The van der Waals surface area contributed by atoms with Crippen molar-refractivity contribution in [2.45, 2.75) is 38.5 Å². The van der Waals surface area contributed by atoms with E-state index in [0.29, 0.717) is 0 Å². The van der Waals surface area contributed by atoms with E-state index in [2.05, 4.69) is 210 Å². The predicted octanol–water partition coefficient (Wildman–Crippen LogP) is 15.9. The zero-order valence-corrected chi connectivity index (χ0v) is 33.3. The Morgan fingerprint density at radius 2 is 0.655 bits per heavy atom. The normalized spacial score (nSPS) is 14.5. The average molecular weight is 739 g/mol. The van der Waals surface area contributed by atoms with Crippen LogP contribution in [0.2, 0.25) is 0 Å². The molecule has 0 saturated heterocycles. The Morgan fingerprint density at radius 1 is 0.241 bits per heavy atom. The lowest BCUT2D eigenvalue weighted by Crippen LogP contribution is -2.14. The molecule has 2 aliphatic rings. The van der Waals surface area contributed by atoms with Crippen molar-refractivity contribution in [3.8, 4) is 55.6 Å². The van der Waals surface area contributed by atoms with Crippen molar-refractivity contribution in [3.63, 3.8) is 0 Å². The molecule has 0 atom stereocenters. The van der Waals surface area contributed by atoms with Gasteiger partial charge in [-0.05, 0) is 151 Å². The predicted molar refractivity (Wildman–Crippen MR) is 248 cm³/mol. The molecule has 274 valence electrons. The fourth-order valence-electron chi connectivity index (χ4n) is 10.9. The summed E-state index contributed by atoms with van der Waals surface area (Å²) in [7, 11) is 0. The van der Waals surface area contributed by atoms with Gasteiger partial charge in [-0.25, -0.2) is 0 Å². The third-order valence-corrected chi connectivity index (χ3v) is 13.9. The molecule has 0 fully saturated rings. The number of hydrogen-bond donors (Lipinski definition) is 0. The summed E-state index contributed by atoms with van der Waals surface area (Å²) < 4.78 is 0. The second-order valence-electron chi connectivity index (χ2n) is 17.6. The lowest BCUT2D eigenvalue weighted by molar-refractivity contribution is 0.660. The molecule has 0 aliphatic heterocycles. The Morgan fingerprint density at radius 3 is 1.29 bits per heavy atom. The largest absolute Gasteiger partial charge is 0.0619 e. The fraction of sp³-hybridized carbons (Fsp3) is 0.103. The molecule has 0 radical (unpaired) electrons. The summed E-state index contributed by atoms with van der Waals surface area (Å²) in [5.41, 5.74) is 18.4. The zero-order chi connectivity index (χ0) is 38.9. The summed E-state index contributed by atoms with van der Waals surface area (Å²) in [6, 6.07) is 69.0. The molecular weight excluding hydrogens is 697 g/mol. The summed E-state index contributed by atoms with van der Waals surface area (Å²) >= 11 is 0. The molecule has 58 heavy (non-hydrogen) atoms. The minimum atomic E-state index is -0.0798. The van der Waals surface area contributed by atoms with Gasteiger partial charge >= 0.3 is 0 Å². The number of hydrogen-bond acceptors (Lipinski definition) is 0. The second-order valence-corrected chi connectivity index (χ2v) is 17.6. The molecule has 12 rings (SSSR count). The van der Waals surface area contributed by atoms with E-state index in [1.807, 2.05) is 0 Å². The molecule has 0 heteroatoms. The zero-order valence-electron chi connectivity index (χ0n) is 33.3. The lowest BCUT2D eigenvalue weighted by Gasteiger charge is -2.23. The smallest absolute Gasteiger partial charge is 0.0159 e. The van der Waals surface area contributed by atoms with Gasteiger partial charge in [-0.3, -0.25) is 0 Å². The van der Waals surface area contributed by atoms with E-state index in [4.69, 9.17) is 0 Å². The van der Waals surface area contributed by atoms with Crippen LogP contribution in [0.1, 0.15) is 49.9 Å². The molecule has 0 amide bonds. The van der Waals surface area contributed by atoms with Crippen LogP contribution in [-0.4, -0.2) is 0 Å². The molecule has 10 aromatic rings. The van der Waals surface area contributed by atoms with Gasteiger partial charge in [0.2, 0.25) is 0 Å². The van der Waals surface area contributed by atoms with Gasteiger partial charge in [-0.2, -0.15) is 0 Å². The minimum absolute atomic E-state index is 0.0741. The van der Waals surface area contributed by atoms with E-state index in [1.165, 1.54) is 121 Å². The number of fused-ring (bicyclic) bond motifs is 12. The highest BCUT2D eigenvalue weighted by Crippen LogP contribution is 2.52. The van der Waals surface area contributed by atoms with E-state index in [-0.39, 0.29) is 10.8 Å². The summed E-state index contributed by atoms with van der Waals surface area (Å²) in [6.45, 7) is 9.51. The van der Waals surface area contributed by atoms with Crippen LogP contribution in [0.25, 0.3) is 98.7 Å². The van der Waals surface area contributed by atoms with Crippen molar-refractivity contribution in [1.82, 2.24) is 0 Å². The molecule has 0 spiro atoms. The summed E-state index contributed by atoms with van der Waals surface area (Å²) in [4.78, 5) is 0. The van der Waals surface area contributed by atoms with Crippen molar-refractivity contribution in [3.05, 3.63) is 204 Å². The van der Waals surface area contributed by atoms with Gasteiger partial charge in [-0.15, -0.1) is 0 Å². The van der Waals surface area contributed by atoms with Gasteiger partial charge in [0.05, 0.1) is 0 Å². The van der Waals surface area contributed by atoms with Crippen LogP contribution in [0.3, 0.4) is 0 Å². The van der Waals surface area contributed by atoms with Crippen molar-refractivity contribution >= 4 is 43.1 Å². The van der Waals surface area contributed by atoms with Gasteiger partial charge in [0, 0.05) is 10.8 Å². The first-order chi connectivity index (χ1) is 28.3. The van der Waals surface area contributed by atoms with Crippen molar-refractivity contribution in [2.24, 2.45) is 0 Å². The highest BCUT2D eigenvalue weighted by Gasteiger charge is 2.36. The highest BCUT2D eigenvalue weighted by atomic mass is 14.4. The molecule has 0 heterocycles. The van der Waals surface area contributed by atoms with Crippen LogP contribution in [-0.2, 0) is 10.8 Å². The van der Waals surface area contributed by atoms with E-state index in [0.717, 1.165) is 0 Å². The van der Waals surface area contributed by atoms with Crippen LogP contribution < -0.4 is 0 Å². The van der Waals surface area contributed by atoms with E-state index in [1.54, 1.807) is 0 Å². The number of benzene rings is 10. The maximum absolute atomic E-state index is 2.50. The highest BCUT2D eigenvalue weighted by molar-refractivity contribution is 6.24. The molecule has 0 N–H and O–H groups in total. The Bertz CT molecular complexity index is 3380. The monoisotopic (exact) mass is 738 g/mol. The van der Waals surface area contributed by atoms with Gasteiger partial charge in [0.15, 0.2) is 0 Å².